The number of carbonyl (C=O) groups is 2. The van der Waals surface area contributed by atoms with Crippen LogP contribution in [0.2, 0.25) is 0 Å². The third kappa shape index (κ3) is 4.55. The van der Waals surface area contributed by atoms with Crippen molar-refractivity contribution in [3.8, 4) is 0 Å². The van der Waals surface area contributed by atoms with Gasteiger partial charge >= 0.3 is 5.97 Å². The predicted molar refractivity (Wildman–Crippen MR) is 95.0 cm³/mol. The molecule has 0 fully saturated rings. The molecule has 25 heavy (non-hydrogen) atoms. The Bertz CT molecular complexity index is 984. The number of esters is 1. The average Bonchev–Trinajstić information content (AvgIpc) is 2.83. The van der Waals surface area contributed by atoms with Crippen LogP contribution in [0.5, 0.6) is 0 Å². The fourth-order valence-electron chi connectivity index (χ4n) is 2.08. The van der Waals surface area contributed by atoms with E-state index >= 15 is 0 Å². The van der Waals surface area contributed by atoms with Crippen LogP contribution in [0.25, 0.3) is 10.2 Å². The van der Waals surface area contributed by atoms with Crippen LogP contribution in [0.1, 0.15) is 20.8 Å². The third-order valence-corrected chi connectivity index (χ3v) is 5.53. The summed E-state index contributed by atoms with van der Waals surface area (Å²) >= 11 is 1.16. The number of aromatic nitrogens is 1. The molecule has 1 aromatic heterocycles. The maximum absolute atomic E-state index is 12.0. The zero-order valence-electron chi connectivity index (χ0n) is 14.5. The van der Waals surface area contributed by atoms with Crippen LogP contribution >= 0.6 is 11.3 Å². The molecular formula is C16H20N2O5S2. The monoisotopic (exact) mass is 384 g/mol. The molecule has 1 heterocycles. The summed E-state index contributed by atoms with van der Waals surface area (Å²) in [4.78, 5) is 28.5. The lowest BCUT2D eigenvalue weighted by Crippen LogP contribution is -2.23. The van der Waals surface area contributed by atoms with Crippen molar-refractivity contribution in [2.45, 2.75) is 32.2 Å². The topological polar surface area (TPSA) is 94.8 Å². The number of hydrogen-bond acceptors (Lipinski definition) is 6. The highest BCUT2D eigenvalue weighted by Gasteiger charge is 2.15. The lowest BCUT2D eigenvalue weighted by molar-refractivity contribution is -0.143. The zero-order valence-corrected chi connectivity index (χ0v) is 16.1. The first-order valence-electron chi connectivity index (χ1n) is 7.71. The van der Waals surface area contributed by atoms with Crippen molar-refractivity contribution in [3.05, 3.63) is 23.0 Å². The molecule has 7 nitrogen and oxygen atoms in total. The molecule has 0 aliphatic rings. The van der Waals surface area contributed by atoms with Crippen LogP contribution in [0.3, 0.4) is 0 Å². The van der Waals surface area contributed by atoms with Gasteiger partial charge in [0.15, 0.2) is 14.6 Å². The van der Waals surface area contributed by atoms with E-state index in [9.17, 15) is 18.0 Å². The van der Waals surface area contributed by atoms with Crippen molar-refractivity contribution >= 4 is 43.3 Å². The Labute approximate surface area is 149 Å². The Kier molecular flexibility index (Phi) is 5.79. The van der Waals surface area contributed by atoms with Gasteiger partial charge in [0.05, 0.1) is 21.7 Å². The Morgan fingerprint density at radius 3 is 2.56 bits per heavy atom. The molecule has 1 aromatic carbocycles. The van der Waals surface area contributed by atoms with E-state index in [0.717, 1.165) is 17.6 Å². The molecule has 0 N–H and O–H groups in total. The molecule has 2 rings (SSSR count). The standard InChI is InChI=1S/C16H20N2O5S2/c1-5-23-14(19)9-18-12-7-6-11(25(4,21)22)8-13(12)24-16(18)17-15(20)10(2)3/h6-8,10H,5,9H2,1-4H3. The second-order valence-corrected chi connectivity index (χ2v) is 8.81. The quantitative estimate of drug-likeness (QED) is 0.732. The minimum Gasteiger partial charge on any atom is -0.465 e. The molecule has 9 heteroatoms. The summed E-state index contributed by atoms with van der Waals surface area (Å²) in [5.41, 5.74) is 0.626. The third-order valence-electron chi connectivity index (χ3n) is 3.37. The highest BCUT2D eigenvalue weighted by Crippen LogP contribution is 2.22. The number of amides is 1. The van der Waals surface area contributed by atoms with Gasteiger partial charge in [-0.2, -0.15) is 4.99 Å². The number of sulfone groups is 1. The van der Waals surface area contributed by atoms with E-state index in [1.54, 1.807) is 31.4 Å². The molecule has 0 spiro atoms. The molecule has 0 atom stereocenters. The van der Waals surface area contributed by atoms with Gasteiger partial charge in [0.1, 0.15) is 6.54 Å². The van der Waals surface area contributed by atoms with E-state index in [1.165, 1.54) is 12.1 Å². The summed E-state index contributed by atoms with van der Waals surface area (Å²) in [5.74, 6) is -1.05. The number of nitrogens with zero attached hydrogens (tertiary/aromatic N) is 2. The highest BCUT2D eigenvalue weighted by atomic mass is 32.2. The molecule has 0 saturated heterocycles. The molecule has 136 valence electrons. The van der Waals surface area contributed by atoms with Crippen molar-refractivity contribution in [2.24, 2.45) is 10.9 Å². The van der Waals surface area contributed by atoms with E-state index in [2.05, 4.69) is 4.99 Å². The number of ether oxygens (including phenoxy) is 1. The number of rotatable bonds is 5. The molecule has 1 amide bonds. The summed E-state index contributed by atoms with van der Waals surface area (Å²) < 4.78 is 30.7. The number of hydrogen-bond donors (Lipinski definition) is 0. The van der Waals surface area contributed by atoms with Crippen LogP contribution in [-0.2, 0) is 30.7 Å². The molecule has 0 radical (unpaired) electrons. The van der Waals surface area contributed by atoms with Gasteiger partial charge in [-0.05, 0) is 25.1 Å². The minimum atomic E-state index is -3.36. The van der Waals surface area contributed by atoms with E-state index in [4.69, 9.17) is 4.74 Å². The maximum atomic E-state index is 12.0. The molecule has 0 bridgehead atoms. The smallest absolute Gasteiger partial charge is 0.326 e. The van der Waals surface area contributed by atoms with Gasteiger partial charge < -0.3 is 9.30 Å². The van der Waals surface area contributed by atoms with Crippen LogP contribution in [0.15, 0.2) is 28.1 Å². The number of carbonyl (C=O) groups excluding carboxylic acids is 2. The predicted octanol–water partition coefficient (Wildman–Crippen LogP) is 1.75. The normalized spacial score (nSPS) is 12.8. The molecule has 0 aliphatic carbocycles. The molecule has 0 aliphatic heterocycles. The van der Waals surface area contributed by atoms with Crippen molar-refractivity contribution in [1.29, 1.82) is 0 Å². The Morgan fingerprint density at radius 1 is 1.32 bits per heavy atom. The zero-order chi connectivity index (χ0) is 18.8. The summed E-state index contributed by atoms with van der Waals surface area (Å²) in [5, 5.41) is 0. The second-order valence-electron chi connectivity index (χ2n) is 5.78. The number of benzene rings is 1. The highest BCUT2D eigenvalue weighted by molar-refractivity contribution is 7.90. The first-order valence-corrected chi connectivity index (χ1v) is 10.4. The first-order chi connectivity index (χ1) is 11.6. The van der Waals surface area contributed by atoms with Crippen molar-refractivity contribution in [1.82, 2.24) is 4.57 Å². The number of thiazole rings is 1. The van der Waals surface area contributed by atoms with Crippen LogP contribution in [0.4, 0.5) is 0 Å². The van der Waals surface area contributed by atoms with E-state index in [0.29, 0.717) is 15.0 Å². The van der Waals surface area contributed by atoms with Crippen LogP contribution in [-0.4, -0.2) is 37.7 Å². The Hall–Kier alpha value is -2.00. The van der Waals surface area contributed by atoms with Gasteiger partial charge in [0, 0.05) is 12.2 Å². The van der Waals surface area contributed by atoms with Gasteiger partial charge in [-0.1, -0.05) is 25.2 Å². The largest absolute Gasteiger partial charge is 0.465 e. The number of fused-ring (bicyclic) bond motifs is 1. The molecule has 0 unspecified atom stereocenters. The van der Waals surface area contributed by atoms with Crippen molar-refractivity contribution < 1.29 is 22.7 Å². The van der Waals surface area contributed by atoms with Gasteiger partial charge in [-0.25, -0.2) is 8.42 Å². The summed E-state index contributed by atoms with van der Waals surface area (Å²) in [7, 11) is -3.36. The van der Waals surface area contributed by atoms with Gasteiger partial charge in [0.25, 0.3) is 5.91 Å². The molecular weight excluding hydrogens is 364 g/mol. The summed E-state index contributed by atoms with van der Waals surface area (Å²) in [6, 6.07) is 4.61. The maximum Gasteiger partial charge on any atom is 0.326 e. The van der Waals surface area contributed by atoms with Crippen LogP contribution < -0.4 is 4.80 Å². The van der Waals surface area contributed by atoms with Gasteiger partial charge in [-0.15, -0.1) is 0 Å². The minimum absolute atomic E-state index is 0.101. The SMILES string of the molecule is CCOC(=O)Cn1c(=NC(=O)C(C)C)sc2cc(S(C)(=O)=O)ccc21. The first kappa shape index (κ1) is 19.3. The fraction of sp³-hybridized carbons (Fsp3) is 0.438. The van der Waals surface area contributed by atoms with Crippen molar-refractivity contribution in [2.75, 3.05) is 12.9 Å². The summed E-state index contributed by atoms with van der Waals surface area (Å²) in [6.45, 7) is 5.32. The van der Waals surface area contributed by atoms with Crippen LogP contribution in [0, 0.1) is 5.92 Å². The van der Waals surface area contributed by atoms with Crippen molar-refractivity contribution in [3.63, 3.8) is 0 Å². The Balaban J connectivity index is 2.67. The van der Waals surface area contributed by atoms with E-state index in [-0.39, 0.29) is 29.9 Å². The fourth-order valence-corrected chi connectivity index (χ4v) is 3.88. The lowest BCUT2D eigenvalue weighted by atomic mass is 10.2. The van der Waals surface area contributed by atoms with E-state index in [1.807, 2.05) is 0 Å². The average molecular weight is 384 g/mol. The van der Waals surface area contributed by atoms with Gasteiger partial charge in [0.2, 0.25) is 0 Å². The Morgan fingerprint density at radius 2 is 2.00 bits per heavy atom. The second kappa shape index (κ2) is 7.49. The summed E-state index contributed by atoms with van der Waals surface area (Å²) in [6.07, 6.45) is 1.13. The molecule has 2 aromatic rings. The lowest BCUT2D eigenvalue weighted by Gasteiger charge is -2.06. The van der Waals surface area contributed by atoms with E-state index < -0.39 is 15.8 Å². The molecule has 0 saturated carbocycles. The van der Waals surface area contributed by atoms with Gasteiger partial charge in [-0.3, -0.25) is 9.59 Å².